The molecule has 0 bridgehead atoms. The summed E-state index contributed by atoms with van der Waals surface area (Å²) in [4.78, 5) is 30.2. The molecule has 0 spiro atoms. The summed E-state index contributed by atoms with van der Waals surface area (Å²) in [5.41, 5.74) is 2.24. The van der Waals surface area contributed by atoms with Gasteiger partial charge in [-0.25, -0.2) is 14.8 Å². The highest BCUT2D eigenvalue weighted by molar-refractivity contribution is 6.31. The summed E-state index contributed by atoms with van der Waals surface area (Å²) in [5, 5.41) is 20.3. The zero-order valence-electron chi connectivity index (χ0n) is 13.4. The molecule has 0 aliphatic heterocycles. The van der Waals surface area contributed by atoms with Gasteiger partial charge in [0.25, 0.3) is 5.69 Å². The van der Waals surface area contributed by atoms with Gasteiger partial charge in [-0.3, -0.25) is 10.1 Å². The van der Waals surface area contributed by atoms with Crippen LogP contribution in [0.1, 0.15) is 27.4 Å². The Balaban J connectivity index is 2.11. The number of pyridine rings is 1. The number of nitro groups is 1. The van der Waals surface area contributed by atoms with Crippen molar-refractivity contribution >= 4 is 34.4 Å². The molecule has 0 atom stereocenters. The van der Waals surface area contributed by atoms with Crippen molar-refractivity contribution in [3.8, 4) is 0 Å². The number of nitrogens with zero attached hydrogens (tertiary/aromatic N) is 4. The summed E-state index contributed by atoms with van der Waals surface area (Å²) >= 11 is 6.15. The molecule has 25 heavy (non-hydrogen) atoms. The molecule has 0 aliphatic rings. The normalized spacial score (nSPS) is 11.0. The third-order valence-electron chi connectivity index (χ3n) is 3.88. The van der Waals surface area contributed by atoms with E-state index < -0.39 is 10.9 Å². The number of carboxylic acid groups (broad SMARTS) is 1. The van der Waals surface area contributed by atoms with Gasteiger partial charge in [-0.05, 0) is 37.1 Å². The van der Waals surface area contributed by atoms with Crippen molar-refractivity contribution in [2.24, 2.45) is 0 Å². The topological polar surface area (TPSA) is 111 Å². The Bertz CT molecular complexity index is 1030. The molecule has 0 amide bonds. The van der Waals surface area contributed by atoms with Crippen LogP contribution in [0.2, 0.25) is 5.02 Å². The number of carbonyl (C=O) groups is 1. The number of benzene rings is 1. The number of hydrogen-bond donors (Lipinski definition) is 1. The van der Waals surface area contributed by atoms with Crippen LogP contribution in [0.3, 0.4) is 0 Å². The van der Waals surface area contributed by atoms with Crippen molar-refractivity contribution in [2.75, 3.05) is 0 Å². The van der Waals surface area contributed by atoms with E-state index in [1.165, 1.54) is 18.2 Å². The lowest BCUT2D eigenvalue weighted by Crippen LogP contribution is -2.07. The van der Waals surface area contributed by atoms with Crippen molar-refractivity contribution in [3.05, 3.63) is 62.0 Å². The van der Waals surface area contributed by atoms with Gasteiger partial charge in [0.2, 0.25) is 0 Å². The number of hydrogen-bond acceptors (Lipinski definition) is 5. The maximum Gasteiger partial charge on any atom is 0.354 e. The number of rotatable bonds is 4. The maximum atomic E-state index is 11.3. The van der Waals surface area contributed by atoms with Crippen LogP contribution in [0.5, 0.6) is 0 Å². The minimum Gasteiger partial charge on any atom is -0.477 e. The van der Waals surface area contributed by atoms with Gasteiger partial charge < -0.3 is 9.67 Å². The molecule has 0 saturated carbocycles. The monoisotopic (exact) mass is 360 g/mol. The van der Waals surface area contributed by atoms with Crippen molar-refractivity contribution in [1.82, 2.24) is 14.5 Å². The molecule has 1 N–H and O–H groups in total. The fourth-order valence-corrected chi connectivity index (χ4v) is 2.83. The van der Waals surface area contributed by atoms with Crippen LogP contribution in [-0.4, -0.2) is 30.5 Å². The van der Waals surface area contributed by atoms with Crippen LogP contribution in [0.25, 0.3) is 11.2 Å². The van der Waals surface area contributed by atoms with E-state index in [4.69, 9.17) is 11.6 Å². The predicted molar refractivity (Wildman–Crippen MR) is 91.2 cm³/mol. The summed E-state index contributed by atoms with van der Waals surface area (Å²) < 4.78 is 1.74. The van der Waals surface area contributed by atoms with Crippen molar-refractivity contribution in [1.29, 1.82) is 0 Å². The van der Waals surface area contributed by atoms with Gasteiger partial charge in [-0.2, -0.15) is 0 Å². The fraction of sp³-hybridized carbons (Fsp3) is 0.188. The van der Waals surface area contributed by atoms with Crippen LogP contribution in [0.4, 0.5) is 5.69 Å². The van der Waals surface area contributed by atoms with E-state index >= 15 is 0 Å². The molecule has 2 heterocycles. The lowest BCUT2D eigenvalue weighted by atomic mass is 10.2. The molecule has 2 aromatic heterocycles. The number of halogens is 1. The summed E-state index contributed by atoms with van der Waals surface area (Å²) in [5.74, 6) is -0.480. The highest BCUT2D eigenvalue weighted by Crippen LogP contribution is 2.26. The lowest BCUT2D eigenvalue weighted by Gasteiger charge is -2.09. The van der Waals surface area contributed by atoms with E-state index in [1.807, 2.05) is 0 Å². The van der Waals surface area contributed by atoms with E-state index in [2.05, 4.69) is 9.97 Å². The van der Waals surface area contributed by atoms with Gasteiger partial charge in [0.1, 0.15) is 11.3 Å². The van der Waals surface area contributed by atoms with E-state index in [9.17, 15) is 20.0 Å². The first-order valence-electron chi connectivity index (χ1n) is 7.28. The summed E-state index contributed by atoms with van der Waals surface area (Å²) in [7, 11) is 0. The quantitative estimate of drug-likeness (QED) is 0.564. The van der Waals surface area contributed by atoms with Crippen LogP contribution in [0.15, 0.2) is 24.3 Å². The second-order valence-electron chi connectivity index (χ2n) is 5.58. The van der Waals surface area contributed by atoms with Gasteiger partial charge in [-0.15, -0.1) is 0 Å². The minimum atomic E-state index is -1.12. The van der Waals surface area contributed by atoms with Crippen molar-refractivity contribution in [2.45, 2.75) is 20.4 Å². The van der Waals surface area contributed by atoms with Gasteiger partial charge in [0.05, 0.1) is 16.5 Å². The van der Waals surface area contributed by atoms with E-state index in [1.54, 1.807) is 24.5 Å². The Kier molecular flexibility index (Phi) is 4.13. The van der Waals surface area contributed by atoms with Crippen LogP contribution >= 0.6 is 11.6 Å². The molecule has 1 aromatic carbocycles. The Morgan fingerprint density at radius 3 is 2.64 bits per heavy atom. The largest absolute Gasteiger partial charge is 0.477 e. The molecule has 3 aromatic rings. The minimum absolute atomic E-state index is 0.0686. The van der Waals surface area contributed by atoms with Gasteiger partial charge in [0.15, 0.2) is 11.3 Å². The number of carboxylic acids is 1. The van der Waals surface area contributed by atoms with Crippen molar-refractivity contribution in [3.63, 3.8) is 0 Å². The van der Waals surface area contributed by atoms with Crippen LogP contribution in [-0.2, 0) is 6.54 Å². The third-order valence-corrected chi connectivity index (χ3v) is 4.23. The van der Waals surface area contributed by atoms with E-state index in [-0.39, 0.29) is 22.9 Å². The average molecular weight is 361 g/mol. The summed E-state index contributed by atoms with van der Waals surface area (Å²) in [6.07, 6.45) is 0. The van der Waals surface area contributed by atoms with Crippen molar-refractivity contribution < 1.29 is 14.8 Å². The lowest BCUT2D eigenvalue weighted by molar-refractivity contribution is -0.384. The number of fused-ring (bicyclic) bond motifs is 1. The average Bonchev–Trinajstić information content (AvgIpc) is 2.85. The molecular weight excluding hydrogens is 348 g/mol. The van der Waals surface area contributed by atoms with Crippen LogP contribution in [0, 0.1) is 24.0 Å². The highest BCUT2D eigenvalue weighted by Gasteiger charge is 2.17. The molecule has 0 saturated heterocycles. The molecule has 9 heteroatoms. The van der Waals surface area contributed by atoms with Gasteiger partial charge in [0, 0.05) is 12.1 Å². The molecular formula is C16H13ClN4O4. The SMILES string of the molecule is Cc1cc(C(=O)O)nc2c1nc(C)n2Cc1ccc([N+](=O)[O-])cc1Cl. The number of imidazole rings is 1. The first kappa shape index (κ1) is 16.8. The van der Waals surface area contributed by atoms with E-state index in [0.29, 0.717) is 28.1 Å². The van der Waals surface area contributed by atoms with Gasteiger partial charge in [-0.1, -0.05) is 11.6 Å². The Morgan fingerprint density at radius 1 is 1.32 bits per heavy atom. The number of aryl methyl sites for hydroxylation is 2. The predicted octanol–water partition coefficient (Wildman–Crippen LogP) is 3.36. The standard InChI is InChI=1S/C16H13ClN4O4/c1-8-5-13(16(22)23)19-15-14(8)18-9(2)20(15)7-10-3-4-11(21(24)25)6-12(10)17/h3-6H,7H2,1-2H3,(H,22,23). The number of aromatic carboxylic acids is 1. The smallest absolute Gasteiger partial charge is 0.354 e. The first-order chi connectivity index (χ1) is 11.8. The zero-order chi connectivity index (χ0) is 18.3. The number of aromatic nitrogens is 3. The zero-order valence-corrected chi connectivity index (χ0v) is 14.1. The maximum absolute atomic E-state index is 11.3. The molecule has 0 aliphatic carbocycles. The summed E-state index contributed by atoms with van der Waals surface area (Å²) in [6, 6.07) is 5.70. The third kappa shape index (κ3) is 3.03. The fourth-order valence-electron chi connectivity index (χ4n) is 2.60. The Hall–Kier alpha value is -3.00. The first-order valence-corrected chi connectivity index (χ1v) is 7.66. The second-order valence-corrected chi connectivity index (χ2v) is 5.99. The van der Waals surface area contributed by atoms with E-state index in [0.717, 1.165) is 0 Å². The number of nitro benzene ring substituents is 1. The molecule has 0 radical (unpaired) electrons. The van der Waals surface area contributed by atoms with Gasteiger partial charge >= 0.3 is 5.97 Å². The number of non-ortho nitro benzene ring substituents is 1. The second kappa shape index (κ2) is 6.14. The summed E-state index contributed by atoms with van der Waals surface area (Å²) in [6.45, 7) is 3.82. The highest BCUT2D eigenvalue weighted by atomic mass is 35.5. The Labute approximate surface area is 146 Å². The molecule has 8 nitrogen and oxygen atoms in total. The molecule has 0 fully saturated rings. The van der Waals surface area contributed by atoms with Crippen LogP contribution < -0.4 is 0 Å². The molecule has 128 valence electrons. The Morgan fingerprint density at radius 2 is 2.04 bits per heavy atom. The molecule has 0 unspecified atom stereocenters. The molecule has 3 rings (SSSR count).